The van der Waals surface area contributed by atoms with Crippen molar-refractivity contribution in [3.8, 4) is 0 Å². The molecular formula is C19H22ClN. The Bertz CT molecular complexity index is 708. The quantitative estimate of drug-likeness (QED) is 0.627. The van der Waals surface area contributed by atoms with Crippen molar-refractivity contribution in [3.05, 3.63) is 58.1 Å². The summed E-state index contributed by atoms with van der Waals surface area (Å²) < 4.78 is 0. The monoisotopic (exact) mass is 299 g/mol. The van der Waals surface area contributed by atoms with Gasteiger partial charge in [-0.15, -0.1) is 0 Å². The van der Waals surface area contributed by atoms with Gasteiger partial charge in [-0.2, -0.15) is 0 Å². The Kier molecular flexibility index (Phi) is 3.11. The molecular weight excluding hydrogens is 278 g/mol. The van der Waals surface area contributed by atoms with Gasteiger partial charge in [0.25, 0.3) is 0 Å². The molecule has 2 heteroatoms. The maximum Gasteiger partial charge on any atom is 0.0467 e. The Morgan fingerprint density at radius 3 is 2.38 bits per heavy atom. The molecule has 0 aromatic heterocycles. The van der Waals surface area contributed by atoms with Crippen LogP contribution in [0, 0.1) is 0 Å². The van der Waals surface area contributed by atoms with Crippen molar-refractivity contribution in [1.82, 2.24) is 0 Å². The lowest BCUT2D eigenvalue weighted by Gasteiger charge is -2.37. The van der Waals surface area contributed by atoms with Gasteiger partial charge in [-0.3, -0.25) is 0 Å². The summed E-state index contributed by atoms with van der Waals surface area (Å²) in [6, 6.07) is 12.8. The van der Waals surface area contributed by atoms with E-state index in [1.165, 1.54) is 22.4 Å². The minimum Gasteiger partial charge on any atom is -0.355 e. The lowest BCUT2D eigenvalue weighted by molar-refractivity contribution is 0.587. The summed E-state index contributed by atoms with van der Waals surface area (Å²) in [4.78, 5) is 0. The maximum absolute atomic E-state index is 6.46. The van der Waals surface area contributed by atoms with E-state index in [0.29, 0.717) is 0 Å². The molecule has 0 atom stereocenters. The summed E-state index contributed by atoms with van der Waals surface area (Å²) in [5, 5.41) is 4.39. The van der Waals surface area contributed by atoms with E-state index in [2.05, 4.69) is 64.2 Å². The summed E-state index contributed by atoms with van der Waals surface area (Å²) in [6.45, 7) is 11.2. The number of hydrogen-bond donors (Lipinski definition) is 1. The highest BCUT2D eigenvalue weighted by Gasteiger charge is 2.34. The topological polar surface area (TPSA) is 12.0 Å². The fourth-order valence-electron chi connectivity index (χ4n) is 3.20. The van der Waals surface area contributed by atoms with Gasteiger partial charge in [-0.1, -0.05) is 64.4 Å². The lowest BCUT2D eigenvalue weighted by Crippen LogP contribution is -2.27. The number of halogens is 1. The minimum absolute atomic E-state index is 0.0926. The first-order valence-corrected chi connectivity index (χ1v) is 7.80. The predicted octanol–water partition coefficient (Wildman–Crippen LogP) is 6.02. The molecule has 110 valence electrons. The SMILES string of the molecule is CC(C)(C)c1ccc2c(c1)Nc1cccc(Cl)c1C2(C)C. The van der Waals surface area contributed by atoms with E-state index in [1.807, 2.05) is 12.1 Å². The van der Waals surface area contributed by atoms with E-state index in [-0.39, 0.29) is 10.8 Å². The molecule has 21 heavy (non-hydrogen) atoms. The molecule has 1 heterocycles. The maximum atomic E-state index is 6.46. The molecule has 2 aromatic rings. The average Bonchev–Trinajstić information content (AvgIpc) is 2.36. The summed E-state index contributed by atoms with van der Waals surface area (Å²) in [7, 11) is 0. The van der Waals surface area contributed by atoms with Crippen molar-refractivity contribution in [2.45, 2.75) is 45.4 Å². The van der Waals surface area contributed by atoms with Crippen LogP contribution < -0.4 is 5.32 Å². The van der Waals surface area contributed by atoms with Gasteiger partial charge in [0.1, 0.15) is 0 Å². The highest BCUT2D eigenvalue weighted by Crippen LogP contribution is 2.48. The molecule has 2 aromatic carbocycles. The molecule has 1 aliphatic heterocycles. The molecule has 0 bridgehead atoms. The van der Waals surface area contributed by atoms with Crippen LogP contribution in [0.1, 0.15) is 51.3 Å². The Balaban J connectivity index is 2.21. The first kappa shape index (κ1) is 14.5. The zero-order valence-electron chi connectivity index (χ0n) is 13.3. The molecule has 0 saturated heterocycles. The number of benzene rings is 2. The fourth-order valence-corrected chi connectivity index (χ4v) is 3.61. The zero-order valence-corrected chi connectivity index (χ0v) is 14.1. The van der Waals surface area contributed by atoms with Gasteiger partial charge >= 0.3 is 0 Å². The second kappa shape index (κ2) is 4.51. The Morgan fingerprint density at radius 2 is 1.71 bits per heavy atom. The van der Waals surface area contributed by atoms with Gasteiger partial charge in [0, 0.05) is 27.4 Å². The lowest BCUT2D eigenvalue weighted by atomic mass is 9.73. The molecule has 0 aliphatic carbocycles. The van der Waals surface area contributed by atoms with E-state index in [9.17, 15) is 0 Å². The Hall–Kier alpha value is -1.47. The second-order valence-corrected chi connectivity index (χ2v) is 7.83. The third-order valence-electron chi connectivity index (χ3n) is 4.47. The van der Waals surface area contributed by atoms with Crippen LogP contribution in [0.3, 0.4) is 0 Å². The van der Waals surface area contributed by atoms with Crippen LogP contribution in [0.15, 0.2) is 36.4 Å². The zero-order chi connectivity index (χ0) is 15.4. The molecule has 0 radical (unpaired) electrons. The highest BCUT2D eigenvalue weighted by atomic mass is 35.5. The van der Waals surface area contributed by atoms with Gasteiger partial charge in [0.2, 0.25) is 0 Å². The number of anilines is 2. The van der Waals surface area contributed by atoms with Gasteiger partial charge in [-0.25, -0.2) is 0 Å². The number of hydrogen-bond acceptors (Lipinski definition) is 1. The van der Waals surface area contributed by atoms with Crippen molar-refractivity contribution in [2.75, 3.05) is 5.32 Å². The van der Waals surface area contributed by atoms with Gasteiger partial charge in [-0.05, 0) is 34.7 Å². The smallest absolute Gasteiger partial charge is 0.0467 e. The van der Waals surface area contributed by atoms with Crippen molar-refractivity contribution in [2.24, 2.45) is 0 Å². The van der Waals surface area contributed by atoms with Crippen LogP contribution in [-0.4, -0.2) is 0 Å². The molecule has 0 saturated carbocycles. The fraction of sp³-hybridized carbons (Fsp3) is 0.368. The number of rotatable bonds is 0. The Labute approximate surface area is 132 Å². The van der Waals surface area contributed by atoms with E-state index in [4.69, 9.17) is 11.6 Å². The van der Waals surface area contributed by atoms with E-state index < -0.39 is 0 Å². The summed E-state index contributed by atoms with van der Waals surface area (Å²) >= 11 is 6.46. The number of nitrogens with one attached hydrogen (secondary N) is 1. The summed E-state index contributed by atoms with van der Waals surface area (Å²) in [5.74, 6) is 0. The van der Waals surface area contributed by atoms with Crippen LogP contribution >= 0.6 is 11.6 Å². The normalized spacial score (nSPS) is 15.9. The van der Waals surface area contributed by atoms with Crippen LogP contribution in [-0.2, 0) is 10.8 Å². The molecule has 0 fully saturated rings. The highest BCUT2D eigenvalue weighted by molar-refractivity contribution is 6.32. The molecule has 0 amide bonds. The summed E-state index contributed by atoms with van der Waals surface area (Å²) in [6.07, 6.45) is 0. The van der Waals surface area contributed by atoms with Crippen LogP contribution in [0.2, 0.25) is 5.02 Å². The Morgan fingerprint density at radius 1 is 1.00 bits per heavy atom. The van der Waals surface area contributed by atoms with Gasteiger partial charge in [0.15, 0.2) is 0 Å². The van der Waals surface area contributed by atoms with Gasteiger partial charge < -0.3 is 5.32 Å². The third kappa shape index (κ3) is 2.24. The van der Waals surface area contributed by atoms with Crippen molar-refractivity contribution in [3.63, 3.8) is 0 Å². The summed E-state index contributed by atoms with van der Waals surface area (Å²) in [5.41, 5.74) is 6.20. The average molecular weight is 300 g/mol. The van der Waals surface area contributed by atoms with E-state index in [0.717, 1.165) is 10.7 Å². The molecule has 1 N–H and O–H groups in total. The number of fused-ring (bicyclic) bond motifs is 2. The van der Waals surface area contributed by atoms with Crippen molar-refractivity contribution >= 4 is 23.0 Å². The first-order valence-electron chi connectivity index (χ1n) is 7.42. The first-order chi connectivity index (χ1) is 9.71. The van der Waals surface area contributed by atoms with Crippen LogP contribution in [0.4, 0.5) is 11.4 Å². The second-order valence-electron chi connectivity index (χ2n) is 7.42. The van der Waals surface area contributed by atoms with E-state index in [1.54, 1.807) is 0 Å². The van der Waals surface area contributed by atoms with Crippen LogP contribution in [0.25, 0.3) is 0 Å². The molecule has 1 nitrogen and oxygen atoms in total. The minimum atomic E-state index is -0.0926. The van der Waals surface area contributed by atoms with Crippen molar-refractivity contribution in [1.29, 1.82) is 0 Å². The largest absolute Gasteiger partial charge is 0.355 e. The van der Waals surface area contributed by atoms with E-state index >= 15 is 0 Å². The standard InChI is InChI=1S/C19H22ClN/c1-18(2,3)12-9-10-13-16(11-12)21-15-8-6-7-14(20)17(15)19(13,4)5/h6-11,21H,1-5H3. The third-order valence-corrected chi connectivity index (χ3v) is 4.78. The van der Waals surface area contributed by atoms with Crippen LogP contribution in [0.5, 0.6) is 0 Å². The molecule has 0 spiro atoms. The molecule has 3 rings (SSSR count). The molecule has 1 aliphatic rings. The predicted molar refractivity (Wildman–Crippen MR) is 92.0 cm³/mol. The van der Waals surface area contributed by atoms with Gasteiger partial charge in [0.05, 0.1) is 0 Å². The molecule has 0 unspecified atom stereocenters. The van der Waals surface area contributed by atoms with Crippen molar-refractivity contribution < 1.29 is 0 Å².